The highest BCUT2D eigenvalue weighted by Gasteiger charge is 2.12. The van der Waals surface area contributed by atoms with E-state index in [2.05, 4.69) is 20.6 Å². The molecule has 0 aliphatic rings. The van der Waals surface area contributed by atoms with Gasteiger partial charge in [-0.05, 0) is 53.1 Å². The number of benzene rings is 1. The van der Waals surface area contributed by atoms with Crippen LogP contribution in [-0.4, -0.2) is 25.7 Å². The van der Waals surface area contributed by atoms with E-state index in [1.54, 1.807) is 6.07 Å². The Kier molecular flexibility index (Phi) is 3.33. The molecule has 17 heavy (non-hydrogen) atoms. The monoisotopic (exact) mass is 250 g/mol. The van der Waals surface area contributed by atoms with Crippen LogP contribution in [0, 0.1) is 6.92 Å². The summed E-state index contributed by atoms with van der Waals surface area (Å²) in [6.45, 7) is 6.05. The number of hydrogen-bond acceptors (Lipinski definition) is 5. The van der Waals surface area contributed by atoms with Crippen LogP contribution in [0.15, 0.2) is 22.2 Å². The molecule has 0 saturated carbocycles. The Bertz CT molecular complexity index is 510. The SMILES string of the molecule is Cc1cc(O)c(C(C)C)cc1Sc1nn[nH]n1. The van der Waals surface area contributed by atoms with Gasteiger partial charge in [0.05, 0.1) is 0 Å². The van der Waals surface area contributed by atoms with Gasteiger partial charge < -0.3 is 5.11 Å². The van der Waals surface area contributed by atoms with Gasteiger partial charge >= 0.3 is 0 Å². The molecule has 0 atom stereocenters. The minimum absolute atomic E-state index is 0.278. The molecule has 2 aromatic rings. The summed E-state index contributed by atoms with van der Waals surface area (Å²) in [6.07, 6.45) is 0. The lowest BCUT2D eigenvalue weighted by Crippen LogP contribution is -1.91. The predicted octanol–water partition coefficient (Wildman–Crippen LogP) is 2.49. The first-order valence-electron chi connectivity index (χ1n) is 5.32. The lowest BCUT2D eigenvalue weighted by molar-refractivity contribution is 0.463. The standard InChI is InChI=1S/C11H14N4OS/c1-6(2)8-5-10(7(3)4-9(8)16)17-11-12-14-15-13-11/h4-6,16H,1-3H3,(H,12,13,14,15). The quantitative estimate of drug-likeness (QED) is 0.875. The number of aryl methyl sites for hydroxylation is 1. The van der Waals surface area contributed by atoms with Crippen molar-refractivity contribution in [2.75, 3.05) is 0 Å². The van der Waals surface area contributed by atoms with Crippen molar-refractivity contribution < 1.29 is 5.11 Å². The Morgan fingerprint density at radius 2 is 2.12 bits per heavy atom. The van der Waals surface area contributed by atoms with Gasteiger partial charge in [-0.1, -0.05) is 13.8 Å². The molecule has 0 unspecified atom stereocenters. The van der Waals surface area contributed by atoms with Crippen LogP contribution in [-0.2, 0) is 0 Å². The lowest BCUT2D eigenvalue weighted by atomic mass is 10.0. The fourth-order valence-electron chi connectivity index (χ4n) is 1.56. The lowest BCUT2D eigenvalue weighted by Gasteiger charge is -2.12. The van der Waals surface area contributed by atoms with Crippen molar-refractivity contribution >= 4 is 11.8 Å². The maximum absolute atomic E-state index is 9.85. The van der Waals surface area contributed by atoms with Gasteiger partial charge in [-0.2, -0.15) is 5.21 Å². The summed E-state index contributed by atoms with van der Waals surface area (Å²) in [5, 5.41) is 24.2. The minimum Gasteiger partial charge on any atom is -0.508 e. The van der Waals surface area contributed by atoms with Crippen molar-refractivity contribution in [1.82, 2.24) is 20.6 Å². The first kappa shape index (κ1) is 11.9. The summed E-state index contributed by atoms with van der Waals surface area (Å²) < 4.78 is 0. The Balaban J connectivity index is 2.36. The highest BCUT2D eigenvalue weighted by atomic mass is 32.2. The van der Waals surface area contributed by atoms with Crippen LogP contribution in [0.5, 0.6) is 5.75 Å². The second-order valence-electron chi connectivity index (χ2n) is 4.13. The average molecular weight is 250 g/mol. The van der Waals surface area contributed by atoms with Crippen LogP contribution < -0.4 is 0 Å². The Hall–Kier alpha value is -1.56. The van der Waals surface area contributed by atoms with Crippen molar-refractivity contribution in [3.8, 4) is 5.75 Å². The van der Waals surface area contributed by atoms with E-state index >= 15 is 0 Å². The van der Waals surface area contributed by atoms with E-state index in [1.807, 2.05) is 26.8 Å². The molecule has 0 bridgehead atoms. The maximum Gasteiger partial charge on any atom is 0.235 e. The molecule has 1 heterocycles. The fraction of sp³-hybridized carbons (Fsp3) is 0.364. The predicted molar refractivity (Wildman–Crippen MR) is 65.2 cm³/mol. The zero-order chi connectivity index (χ0) is 12.4. The number of aromatic nitrogens is 4. The zero-order valence-corrected chi connectivity index (χ0v) is 10.7. The van der Waals surface area contributed by atoms with Gasteiger partial charge in [0.25, 0.3) is 0 Å². The number of aromatic amines is 1. The normalized spacial score (nSPS) is 11.1. The van der Waals surface area contributed by atoms with Crippen LogP contribution in [0.2, 0.25) is 0 Å². The van der Waals surface area contributed by atoms with Crippen LogP contribution in [0.25, 0.3) is 0 Å². The summed E-state index contributed by atoms with van der Waals surface area (Å²) in [7, 11) is 0. The van der Waals surface area contributed by atoms with Gasteiger partial charge in [-0.25, -0.2) is 0 Å². The second kappa shape index (κ2) is 4.75. The van der Waals surface area contributed by atoms with Crippen molar-refractivity contribution in [2.45, 2.75) is 36.7 Å². The molecule has 0 radical (unpaired) electrons. The number of rotatable bonds is 3. The molecule has 0 spiro atoms. The number of hydrogen-bond donors (Lipinski definition) is 2. The van der Waals surface area contributed by atoms with E-state index in [4.69, 9.17) is 0 Å². The first-order valence-corrected chi connectivity index (χ1v) is 6.14. The molecule has 0 amide bonds. The third-order valence-electron chi connectivity index (χ3n) is 2.47. The smallest absolute Gasteiger partial charge is 0.235 e. The first-order chi connectivity index (χ1) is 8.08. The Labute approximate surface area is 104 Å². The molecular weight excluding hydrogens is 236 g/mol. The summed E-state index contributed by atoms with van der Waals surface area (Å²) in [5.74, 6) is 0.621. The van der Waals surface area contributed by atoms with Crippen LogP contribution in [0.4, 0.5) is 0 Å². The number of tetrazole rings is 1. The van der Waals surface area contributed by atoms with Crippen molar-refractivity contribution in [3.05, 3.63) is 23.3 Å². The highest BCUT2D eigenvalue weighted by molar-refractivity contribution is 7.99. The molecular formula is C11H14N4OS. The average Bonchev–Trinajstić information content (AvgIpc) is 2.74. The van der Waals surface area contributed by atoms with Gasteiger partial charge in [0, 0.05) is 4.90 Å². The van der Waals surface area contributed by atoms with Crippen LogP contribution >= 0.6 is 11.8 Å². The number of H-pyrrole nitrogens is 1. The molecule has 1 aromatic heterocycles. The number of phenolic OH excluding ortho intramolecular Hbond substituents is 1. The van der Waals surface area contributed by atoms with Crippen molar-refractivity contribution in [2.24, 2.45) is 0 Å². The van der Waals surface area contributed by atoms with Gasteiger partial charge in [-0.3, -0.25) is 0 Å². The Morgan fingerprint density at radius 3 is 2.71 bits per heavy atom. The largest absolute Gasteiger partial charge is 0.508 e. The molecule has 0 fully saturated rings. The topological polar surface area (TPSA) is 74.7 Å². The summed E-state index contributed by atoms with van der Waals surface area (Å²) >= 11 is 1.43. The number of nitrogens with zero attached hydrogens (tertiary/aromatic N) is 3. The van der Waals surface area contributed by atoms with Crippen LogP contribution in [0.1, 0.15) is 30.9 Å². The molecule has 1 aromatic carbocycles. The summed E-state index contributed by atoms with van der Waals surface area (Å²) in [4.78, 5) is 1.04. The van der Waals surface area contributed by atoms with Gasteiger partial charge in [-0.15, -0.1) is 10.2 Å². The zero-order valence-electron chi connectivity index (χ0n) is 9.93. The van der Waals surface area contributed by atoms with E-state index in [0.717, 1.165) is 16.0 Å². The second-order valence-corrected chi connectivity index (χ2v) is 5.14. The Morgan fingerprint density at radius 1 is 1.35 bits per heavy atom. The van der Waals surface area contributed by atoms with Crippen LogP contribution in [0.3, 0.4) is 0 Å². The summed E-state index contributed by atoms with van der Waals surface area (Å²) in [5.41, 5.74) is 1.93. The molecule has 6 heteroatoms. The fourth-order valence-corrected chi connectivity index (χ4v) is 2.33. The molecule has 2 N–H and O–H groups in total. The van der Waals surface area contributed by atoms with E-state index < -0.39 is 0 Å². The van der Waals surface area contributed by atoms with Crippen molar-refractivity contribution in [3.63, 3.8) is 0 Å². The third-order valence-corrected chi connectivity index (χ3v) is 3.49. The van der Waals surface area contributed by atoms with E-state index in [1.165, 1.54) is 11.8 Å². The van der Waals surface area contributed by atoms with Gasteiger partial charge in [0.2, 0.25) is 5.16 Å². The molecule has 2 rings (SSSR count). The van der Waals surface area contributed by atoms with Gasteiger partial charge in [0.1, 0.15) is 5.75 Å². The van der Waals surface area contributed by atoms with E-state index in [-0.39, 0.29) is 5.92 Å². The molecule has 0 aliphatic carbocycles. The third kappa shape index (κ3) is 2.58. The van der Waals surface area contributed by atoms with Gasteiger partial charge in [0.15, 0.2) is 0 Å². The minimum atomic E-state index is 0.278. The molecule has 0 saturated heterocycles. The molecule has 5 nitrogen and oxygen atoms in total. The number of aromatic hydroxyl groups is 1. The van der Waals surface area contributed by atoms with Crippen molar-refractivity contribution in [1.29, 1.82) is 0 Å². The molecule has 90 valence electrons. The highest BCUT2D eigenvalue weighted by Crippen LogP contribution is 2.35. The number of nitrogens with one attached hydrogen (secondary N) is 1. The summed E-state index contributed by atoms with van der Waals surface area (Å²) in [6, 6.07) is 3.76. The number of phenols is 1. The van der Waals surface area contributed by atoms with E-state index in [0.29, 0.717) is 10.9 Å². The molecule has 0 aliphatic heterocycles. The maximum atomic E-state index is 9.85. The van der Waals surface area contributed by atoms with E-state index in [9.17, 15) is 5.11 Å².